The van der Waals surface area contributed by atoms with Crippen LogP contribution < -0.4 is 25.0 Å². The van der Waals surface area contributed by atoms with E-state index in [1.807, 2.05) is 43.0 Å². The van der Waals surface area contributed by atoms with Gasteiger partial charge in [0.25, 0.3) is 0 Å². The Hall–Kier alpha value is -3.03. The lowest BCUT2D eigenvalue weighted by atomic mass is 10.1. The largest absolute Gasteiger partial charge is 0.494 e. The predicted octanol–water partition coefficient (Wildman–Crippen LogP) is 4.33. The third-order valence-electron chi connectivity index (χ3n) is 4.98. The van der Waals surface area contributed by atoms with Gasteiger partial charge in [0, 0.05) is 19.1 Å². The molecule has 1 saturated heterocycles. The second-order valence-corrected chi connectivity index (χ2v) is 7.12. The van der Waals surface area contributed by atoms with Crippen LogP contribution in [0, 0.1) is 0 Å². The van der Waals surface area contributed by atoms with Crippen LogP contribution in [0.25, 0.3) is 0 Å². The first-order chi connectivity index (χ1) is 14.5. The average Bonchev–Trinajstić information content (AvgIpc) is 3.16. The van der Waals surface area contributed by atoms with E-state index in [1.54, 1.807) is 18.2 Å². The standard InChI is InChI=1S/C22H27F2N3O3/c1-3-29-18-10-8-16(9-11-18)15(2)25-22(28)26-17-12-13-27(14-17)19-6-4-5-7-20(19)30-21(23)24/h4-11,15,17,21H,3,12-14H2,1-2H3,(H2,25,26,28). The minimum atomic E-state index is -2.88. The van der Waals surface area contributed by atoms with Gasteiger partial charge in [-0.05, 0) is 50.1 Å². The number of benzene rings is 2. The summed E-state index contributed by atoms with van der Waals surface area (Å²) in [7, 11) is 0. The second kappa shape index (κ2) is 10.1. The molecule has 0 bridgehead atoms. The molecule has 1 fully saturated rings. The summed E-state index contributed by atoms with van der Waals surface area (Å²) >= 11 is 0. The van der Waals surface area contributed by atoms with Crippen LogP contribution >= 0.6 is 0 Å². The van der Waals surface area contributed by atoms with Crippen molar-refractivity contribution in [3.8, 4) is 11.5 Å². The molecule has 1 aliphatic rings. The first-order valence-corrected chi connectivity index (χ1v) is 10.0. The summed E-state index contributed by atoms with van der Waals surface area (Å²) in [6.45, 7) is 2.73. The van der Waals surface area contributed by atoms with Crippen molar-refractivity contribution in [2.24, 2.45) is 0 Å². The van der Waals surface area contributed by atoms with Crippen molar-refractivity contribution in [3.63, 3.8) is 0 Å². The number of alkyl halides is 2. The number of halogens is 2. The zero-order valence-corrected chi connectivity index (χ0v) is 17.1. The molecule has 0 aliphatic carbocycles. The number of urea groups is 1. The number of nitrogens with one attached hydrogen (secondary N) is 2. The Morgan fingerprint density at radius 2 is 1.93 bits per heavy atom. The zero-order chi connectivity index (χ0) is 21.5. The van der Waals surface area contributed by atoms with E-state index in [2.05, 4.69) is 15.4 Å². The molecule has 6 nitrogen and oxygen atoms in total. The maximum absolute atomic E-state index is 12.6. The molecule has 2 amide bonds. The minimum Gasteiger partial charge on any atom is -0.494 e. The van der Waals surface area contributed by atoms with Crippen molar-refractivity contribution >= 4 is 11.7 Å². The number of rotatable bonds is 8. The Morgan fingerprint density at radius 3 is 2.63 bits per heavy atom. The average molecular weight is 419 g/mol. The van der Waals surface area contributed by atoms with Gasteiger partial charge in [0.15, 0.2) is 0 Å². The summed E-state index contributed by atoms with van der Waals surface area (Å²) in [5.74, 6) is 0.932. The van der Waals surface area contributed by atoms with Gasteiger partial charge in [-0.2, -0.15) is 8.78 Å². The molecule has 0 radical (unpaired) electrons. The number of anilines is 1. The van der Waals surface area contributed by atoms with Crippen molar-refractivity contribution < 1.29 is 23.0 Å². The predicted molar refractivity (Wildman–Crippen MR) is 111 cm³/mol. The van der Waals surface area contributed by atoms with Crippen LogP contribution in [-0.4, -0.2) is 38.4 Å². The number of carbonyl (C=O) groups is 1. The van der Waals surface area contributed by atoms with Crippen molar-refractivity contribution in [3.05, 3.63) is 54.1 Å². The Labute approximate surface area is 175 Å². The van der Waals surface area contributed by atoms with Crippen LogP contribution in [0.3, 0.4) is 0 Å². The first-order valence-electron chi connectivity index (χ1n) is 10.0. The maximum Gasteiger partial charge on any atom is 0.387 e. The SMILES string of the molecule is CCOc1ccc(C(C)NC(=O)NC2CCN(c3ccccc3OC(F)F)C2)cc1. The Bertz CT molecular complexity index is 833. The molecular weight excluding hydrogens is 392 g/mol. The monoisotopic (exact) mass is 419 g/mol. The smallest absolute Gasteiger partial charge is 0.387 e. The van der Waals surface area contributed by atoms with E-state index in [0.717, 1.165) is 11.3 Å². The normalized spacial score (nSPS) is 17.0. The molecule has 2 N–H and O–H groups in total. The molecular formula is C22H27F2N3O3. The summed E-state index contributed by atoms with van der Waals surface area (Å²) in [6.07, 6.45) is 0.716. The minimum absolute atomic E-state index is 0.0860. The molecule has 2 atom stereocenters. The number of hydrogen-bond donors (Lipinski definition) is 2. The number of amides is 2. The molecule has 1 aliphatic heterocycles. The maximum atomic E-state index is 12.6. The highest BCUT2D eigenvalue weighted by Gasteiger charge is 2.26. The second-order valence-electron chi connectivity index (χ2n) is 7.12. The fourth-order valence-corrected chi connectivity index (χ4v) is 3.54. The Balaban J connectivity index is 1.52. The lowest BCUT2D eigenvalue weighted by molar-refractivity contribution is -0.0495. The van der Waals surface area contributed by atoms with Gasteiger partial charge in [-0.1, -0.05) is 24.3 Å². The van der Waals surface area contributed by atoms with Gasteiger partial charge < -0.3 is 25.0 Å². The Morgan fingerprint density at radius 1 is 1.20 bits per heavy atom. The third-order valence-corrected chi connectivity index (χ3v) is 4.98. The number of nitrogens with zero attached hydrogens (tertiary/aromatic N) is 1. The van der Waals surface area contributed by atoms with E-state index in [4.69, 9.17) is 4.74 Å². The van der Waals surface area contributed by atoms with Gasteiger partial charge in [0.1, 0.15) is 11.5 Å². The number of para-hydroxylation sites is 2. The summed E-state index contributed by atoms with van der Waals surface area (Å²) in [6, 6.07) is 13.8. The van der Waals surface area contributed by atoms with Crippen molar-refractivity contribution in [1.29, 1.82) is 0 Å². The van der Waals surface area contributed by atoms with Crippen LogP contribution in [0.4, 0.5) is 19.3 Å². The van der Waals surface area contributed by atoms with Gasteiger partial charge in [0.05, 0.1) is 18.3 Å². The van der Waals surface area contributed by atoms with E-state index in [1.165, 1.54) is 6.07 Å². The summed E-state index contributed by atoms with van der Waals surface area (Å²) in [5.41, 5.74) is 1.57. The van der Waals surface area contributed by atoms with Gasteiger partial charge in [-0.15, -0.1) is 0 Å². The van der Waals surface area contributed by atoms with Crippen molar-refractivity contribution in [2.45, 2.75) is 39.0 Å². The third kappa shape index (κ3) is 5.75. The highest BCUT2D eigenvalue weighted by atomic mass is 19.3. The van der Waals surface area contributed by atoms with Crippen LogP contribution in [0.15, 0.2) is 48.5 Å². The lowest BCUT2D eigenvalue weighted by Gasteiger charge is -2.22. The molecule has 3 rings (SSSR count). The van der Waals surface area contributed by atoms with Crippen molar-refractivity contribution in [1.82, 2.24) is 10.6 Å². The Kier molecular flexibility index (Phi) is 7.32. The van der Waals surface area contributed by atoms with Crippen LogP contribution in [0.5, 0.6) is 11.5 Å². The van der Waals surface area contributed by atoms with Gasteiger partial charge >= 0.3 is 12.6 Å². The molecule has 2 aromatic carbocycles. The van der Waals surface area contributed by atoms with E-state index in [0.29, 0.717) is 31.8 Å². The van der Waals surface area contributed by atoms with E-state index < -0.39 is 6.61 Å². The first kappa shape index (κ1) is 21.7. The molecule has 0 aromatic heterocycles. The van der Waals surface area contributed by atoms with E-state index >= 15 is 0 Å². The van der Waals surface area contributed by atoms with Gasteiger partial charge in [-0.3, -0.25) is 0 Å². The van der Waals surface area contributed by atoms with Crippen LogP contribution in [0.1, 0.15) is 31.9 Å². The molecule has 2 unspecified atom stereocenters. The molecule has 0 saturated carbocycles. The quantitative estimate of drug-likeness (QED) is 0.669. The molecule has 30 heavy (non-hydrogen) atoms. The lowest BCUT2D eigenvalue weighted by Crippen LogP contribution is -2.44. The highest BCUT2D eigenvalue weighted by molar-refractivity contribution is 5.75. The number of hydrogen-bond acceptors (Lipinski definition) is 4. The van der Waals surface area contributed by atoms with E-state index in [9.17, 15) is 13.6 Å². The fraction of sp³-hybridized carbons (Fsp3) is 0.409. The summed E-state index contributed by atoms with van der Waals surface area (Å²) in [4.78, 5) is 14.4. The van der Waals surface area contributed by atoms with Crippen LogP contribution in [0.2, 0.25) is 0 Å². The van der Waals surface area contributed by atoms with Crippen LogP contribution in [-0.2, 0) is 0 Å². The molecule has 8 heteroatoms. The van der Waals surface area contributed by atoms with E-state index in [-0.39, 0.29) is 23.9 Å². The summed E-state index contributed by atoms with van der Waals surface area (Å²) in [5, 5.41) is 5.90. The van der Waals surface area contributed by atoms with Gasteiger partial charge in [-0.25, -0.2) is 4.79 Å². The van der Waals surface area contributed by atoms with Gasteiger partial charge in [0.2, 0.25) is 0 Å². The molecule has 0 spiro atoms. The fourth-order valence-electron chi connectivity index (χ4n) is 3.54. The molecule has 162 valence electrons. The summed E-state index contributed by atoms with van der Waals surface area (Å²) < 4.78 is 35.3. The highest BCUT2D eigenvalue weighted by Crippen LogP contribution is 2.31. The number of carbonyl (C=O) groups excluding carboxylic acids is 1. The number of ether oxygens (including phenoxy) is 2. The zero-order valence-electron chi connectivity index (χ0n) is 17.1. The van der Waals surface area contributed by atoms with Crippen molar-refractivity contribution in [2.75, 3.05) is 24.6 Å². The topological polar surface area (TPSA) is 62.8 Å². The molecule has 1 heterocycles. The molecule has 2 aromatic rings.